The van der Waals surface area contributed by atoms with Gasteiger partial charge in [0.2, 0.25) is 0 Å². The van der Waals surface area contributed by atoms with E-state index < -0.39 is 5.60 Å². The van der Waals surface area contributed by atoms with Gasteiger partial charge in [0, 0.05) is 44.7 Å². The minimum absolute atomic E-state index is 0.0911. The molecule has 0 bridgehead atoms. The van der Waals surface area contributed by atoms with Gasteiger partial charge >= 0.3 is 0 Å². The van der Waals surface area contributed by atoms with Crippen LogP contribution >= 0.6 is 0 Å². The van der Waals surface area contributed by atoms with Crippen molar-refractivity contribution in [3.63, 3.8) is 0 Å². The molecule has 0 spiro atoms. The van der Waals surface area contributed by atoms with Crippen LogP contribution in [-0.4, -0.2) is 48.5 Å². The molecule has 2 heterocycles. The molecule has 2 N–H and O–H groups in total. The molecular weight excluding hydrogens is 524 g/mol. The van der Waals surface area contributed by atoms with E-state index in [4.69, 9.17) is 15.2 Å². The number of anilines is 1. The molecule has 7 nitrogen and oxygen atoms in total. The summed E-state index contributed by atoms with van der Waals surface area (Å²) in [5, 5.41) is 0. The van der Waals surface area contributed by atoms with Crippen LogP contribution in [0.15, 0.2) is 78.3 Å². The largest absolute Gasteiger partial charge is 0.490 e. The van der Waals surface area contributed by atoms with E-state index in [2.05, 4.69) is 28.6 Å². The van der Waals surface area contributed by atoms with Crippen LogP contribution in [0.5, 0.6) is 11.5 Å². The van der Waals surface area contributed by atoms with Gasteiger partial charge in [-0.05, 0) is 67.3 Å². The molecule has 5 rings (SSSR count). The van der Waals surface area contributed by atoms with Crippen molar-refractivity contribution in [3.8, 4) is 22.6 Å². The number of nitrogens with two attached hydrogens (primary N) is 1. The number of carbonyl (C=O) groups excluding carboxylic acids is 1. The fraction of sp³-hybridized carbons (Fsp3) is 0.371. The molecule has 0 radical (unpaired) electrons. The molecule has 222 valence electrons. The van der Waals surface area contributed by atoms with Gasteiger partial charge in [-0.1, -0.05) is 56.8 Å². The summed E-state index contributed by atoms with van der Waals surface area (Å²) in [6.07, 6.45) is 1.95. The smallest absolute Gasteiger partial charge is 0.271 e. The van der Waals surface area contributed by atoms with Crippen molar-refractivity contribution in [3.05, 3.63) is 84.4 Å². The minimum Gasteiger partial charge on any atom is -0.490 e. The van der Waals surface area contributed by atoms with Crippen LogP contribution in [0.3, 0.4) is 0 Å². The standard InChI is InChI=1S/C33H38N4O3.C2H6/c1-22(34)25-9-7-11-27(19-25)26-10-6-8-24(18-26)21-37-30-20-29(12-13-31(30)40-33(3,4)32(37)38)39-28-14-16-36(17-15-28)23(2)35-5;1-2/h6-13,18-20,28H,1,14-17,21,34H2,2-5H3;1-2H3. The second-order valence-electron chi connectivity index (χ2n) is 11.0. The van der Waals surface area contributed by atoms with E-state index in [9.17, 15) is 4.79 Å². The Kier molecular flexibility index (Phi) is 9.61. The molecule has 3 aromatic carbocycles. The fourth-order valence-electron chi connectivity index (χ4n) is 5.34. The third kappa shape index (κ3) is 6.78. The van der Waals surface area contributed by atoms with Crippen molar-refractivity contribution in [1.29, 1.82) is 0 Å². The molecular formula is C35H44N4O3. The van der Waals surface area contributed by atoms with Crippen molar-refractivity contribution in [1.82, 2.24) is 4.90 Å². The predicted molar refractivity (Wildman–Crippen MR) is 173 cm³/mol. The quantitative estimate of drug-likeness (QED) is 0.258. The van der Waals surface area contributed by atoms with E-state index in [0.717, 1.165) is 65.5 Å². The number of rotatable bonds is 6. The number of aliphatic imine (C=N–C) groups is 1. The second kappa shape index (κ2) is 13.1. The highest BCUT2D eigenvalue weighted by atomic mass is 16.5. The molecule has 0 unspecified atom stereocenters. The van der Waals surface area contributed by atoms with Crippen LogP contribution in [0.2, 0.25) is 0 Å². The Morgan fingerprint density at radius 1 is 1.05 bits per heavy atom. The lowest BCUT2D eigenvalue weighted by Crippen LogP contribution is -2.52. The Balaban J connectivity index is 0.00000198. The monoisotopic (exact) mass is 568 g/mol. The fourth-order valence-corrected chi connectivity index (χ4v) is 5.34. The molecule has 1 saturated heterocycles. The number of nitrogens with zero attached hydrogens (tertiary/aromatic N) is 3. The summed E-state index contributed by atoms with van der Waals surface area (Å²) in [6, 6.07) is 22.0. The maximum atomic E-state index is 13.6. The summed E-state index contributed by atoms with van der Waals surface area (Å²) in [6.45, 7) is 15.8. The first-order chi connectivity index (χ1) is 20.1. The lowest BCUT2D eigenvalue weighted by atomic mass is 9.99. The zero-order valence-electron chi connectivity index (χ0n) is 25.8. The Bertz CT molecular complexity index is 1450. The average Bonchev–Trinajstić information content (AvgIpc) is 3.01. The highest BCUT2D eigenvalue weighted by Gasteiger charge is 2.41. The molecule has 1 fully saturated rings. The first kappa shape index (κ1) is 30.7. The highest BCUT2D eigenvalue weighted by Crippen LogP contribution is 2.41. The number of likely N-dealkylation sites (tertiary alicyclic amines) is 1. The van der Waals surface area contributed by atoms with Gasteiger partial charge in [-0.15, -0.1) is 0 Å². The van der Waals surface area contributed by atoms with Gasteiger partial charge in [-0.3, -0.25) is 9.79 Å². The molecule has 1 amide bonds. The number of carbonyl (C=O) groups is 1. The number of amidine groups is 1. The van der Waals surface area contributed by atoms with Crippen molar-refractivity contribution in [2.24, 2.45) is 10.7 Å². The lowest BCUT2D eigenvalue weighted by molar-refractivity contribution is -0.132. The summed E-state index contributed by atoms with van der Waals surface area (Å²) in [5.41, 5.74) is 10.2. The molecule has 0 saturated carbocycles. The van der Waals surface area contributed by atoms with E-state index in [1.807, 2.05) is 101 Å². The summed E-state index contributed by atoms with van der Waals surface area (Å²) in [4.78, 5) is 22.0. The van der Waals surface area contributed by atoms with Crippen LogP contribution in [0, 0.1) is 0 Å². The van der Waals surface area contributed by atoms with Crippen LogP contribution < -0.4 is 20.1 Å². The predicted octanol–water partition coefficient (Wildman–Crippen LogP) is 6.90. The van der Waals surface area contributed by atoms with Crippen LogP contribution in [-0.2, 0) is 11.3 Å². The SMILES string of the molecule is C=C(N)c1cccc(-c2cccc(CN3C(=O)C(C)(C)Oc4ccc(OC5CCN(C(C)=NC)CC5)cc43)c2)c1.CC. The zero-order chi connectivity index (χ0) is 30.4. The van der Waals surface area contributed by atoms with Gasteiger partial charge in [0.1, 0.15) is 17.6 Å². The van der Waals surface area contributed by atoms with Crippen molar-refractivity contribution in [2.75, 3.05) is 25.0 Å². The van der Waals surface area contributed by atoms with Crippen LogP contribution in [0.1, 0.15) is 58.6 Å². The molecule has 0 aliphatic carbocycles. The Morgan fingerprint density at radius 2 is 1.71 bits per heavy atom. The van der Waals surface area contributed by atoms with Crippen LogP contribution in [0.4, 0.5) is 5.69 Å². The van der Waals surface area contributed by atoms with Crippen molar-refractivity contribution >= 4 is 23.1 Å². The van der Waals surface area contributed by atoms with E-state index in [0.29, 0.717) is 18.0 Å². The maximum Gasteiger partial charge on any atom is 0.271 e. The molecule has 2 aliphatic rings. The maximum absolute atomic E-state index is 13.6. The molecule has 7 heteroatoms. The summed E-state index contributed by atoms with van der Waals surface area (Å²) in [7, 11) is 1.83. The van der Waals surface area contributed by atoms with Crippen molar-refractivity contribution in [2.45, 2.75) is 65.7 Å². The number of hydrogen-bond acceptors (Lipinski definition) is 5. The van der Waals surface area contributed by atoms with Gasteiger partial charge < -0.3 is 25.0 Å². The molecule has 3 aromatic rings. The van der Waals surface area contributed by atoms with Gasteiger partial charge in [0.15, 0.2) is 5.60 Å². The summed E-state index contributed by atoms with van der Waals surface area (Å²) < 4.78 is 12.5. The topological polar surface area (TPSA) is 80.4 Å². The Labute approximate surface area is 250 Å². The normalized spacial score (nSPS) is 16.6. The third-order valence-electron chi connectivity index (χ3n) is 7.71. The number of fused-ring (bicyclic) bond motifs is 1. The molecule has 2 aliphatic heterocycles. The van der Waals surface area contributed by atoms with Crippen LogP contribution in [0.25, 0.3) is 16.8 Å². The summed E-state index contributed by atoms with van der Waals surface area (Å²) >= 11 is 0. The molecule has 0 aromatic heterocycles. The van der Waals surface area contributed by atoms with Gasteiger partial charge in [-0.25, -0.2) is 0 Å². The van der Waals surface area contributed by atoms with E-state index >= 15 is 0 Å². The van der Waals surface area contributed by atoms with Gasteiger partial charge in [-0.2, -0.15) is 0 Å². The average molecular weight is 569 g/mol. The van der Waals surface area contributed by atoms with E-state index in [1.165, 1.54) is 0 Å². The number of amides is 1. The Hall–Kier alpha value is -4.26. The van der Waals surface area contributed by atoms with E-state index in [1.54, 1.807) is 0 Å². The zero-order valence-corrected chi connectivity index (χ0v) is 25.8. The summed E-state index contributed by atoms with van der Waals surface area (Å²) in [5.74, 6) is 2.38. The van der Waals surface area contributed by atoms with Gasteiger partial charge in [0.05, 0.1) is 18.1 Å². The lowest BCUT2D eigenvalue weighted by Gasteiger charge is -2.39. The number of benzene rings is 3. The molecule has 0 atom stereocenters. The number of hydrogen-bond donors (Lipinski definition) is 1. The first-order valence-corrected chi connectivity index (χ1v) is 14.8. The second-order valence-corrected chi connectivity index (χ2v) is 11.0. The highest BCUT2D eigenvalue weighted by molar-refractivity contribution is 6.02. The third-order valence-corrected chi connectivity index (χ3v) is 7.71. The van der Waals surface area contributed by atoms with Crippen molar-refractivity contribution < 1.29 is 14.3 Å². The van der Waals surface area contributed by atoms with Gasteiger partial charge in [0.25, 0.3) is 5.91 Å². The Morgan fingerprint density at radius 3 is 2.38 bits per heavy atom. The first-order valence-electron chi connectivity index (χ1n) is 14.8. The minimum atomic E-state index is -0.978. The molecule has 42 heavy (non-hydrogen) atoms. The van der Waals surface area contributed by atoms with E-state index in [-0.39, 0.29) is 12.0 Å². The number of ether oxygens (including phenoxy) is 2. The number of piperidine rings is 1.